The van der Waals surface area contributed by atoms with E-state index in [1.165, 1.54) is 6.42 Å². The van der Waals surface area contributed by atoms with E-state index >= 15 is 0 Å². The fourth-order valence-electron chi connectivity index (χ4n) is 2.45. The predicted octanol–water partition coefficient (Wildman–Crippen LogP) is 1.75. The van der Waals surface area contributed by atoms with Gasteiger partial charge in [0.15, 0.2) is 0 Å². The minimum Gasteiger partial charge on any atom is -0.475 e. The van der Waals surface area contributed by atoms with Gasteiger partial charge >= 0.3 is 0 Å². The second-order valence-electron chi connectivity index (χ2n) is 5.49. The third-order valence-corrected chi connectivity index (χ3v) is 3.32. The van der Waals surface area contributed by atoms with E-state index in [1.54, 1.807) is 0 Å². The van der Waals surface area contributed by atoms with Crippen LogP contribution in [-0.2, 0) is 0 Å². The van der Waals surface area contributed by atoms with Crippen LogP contribution in [0.2, 0.25) is 0 Å². The van der Waals surface area contributed by atoms with Gasteiger partial charge in [-0.25, -0.2) is 4.98 Å². The summed E-state index contributed by atoms with van der Waals surface area (Å²) in [7, 11) is 0. The number of rotatable bonds is 5. The van der Waals surface area contributed by atoms with Crippen molar-refractivity contribution in [3.05, 3.63) is 11.8 Å². The van der Waals surface area contributed by atoms with Crippen molar-refractivity contribution in [3.63, 3.8) is 0 Å². The Morgan fingerprint density at radius 3 is 2.95 bits per heavy atom. The second kappa shape index (κ2) is 6.19. The average molecular weight is 264 g/mol. The van der Waals surface area contributed by atoms with Gasteiger partial charge < -0.3 is 15.4 Å². The Labute approximate surface area is 115 Å². The van der Waals surface area contributed by atoms with Crippen molar-refractivity contribution in [1.29, 1.82) is 0 Å². The van der Waals surface area contributed by atoms with Gasteiger partial charge in [-0.15, -0.1) is 0 Å². The molecule has 1 saturated heterocycles. The van der Waals surface area contributed by atoms with Gasteiger partial charge in [0.1, 0.15) is 0 Å². The van der Waals surface area contributed by atoms with Gasteiger partial charge in [0.25, 0.3) is 0 Å². The monoisotopic (exact) mass is 264 g/mol. The van der Waals surface area contributed by atoms with Gasteiger partial charge in [0.05, 0.1) is 6.10 Å². The van der Waals surface area contributed by atoms with Gasteiger partial charge in [-0.05, 0) is 46.1 Å². The summed E-state index contributed by atoms with van der Waals surface area (Å²) in [5.41, 5.74) is 6.57. The molecular formula is C14H24N4O. The Hall–Kier alpha value is -1.36. The number of ether oxygens (including phenoxy) is 1. The topological polar surface area (TPSA) is 64.3 Å². The van der Waals surface area contributed by atoms with Crippen LogP contribution in [-0.4, -0.2) is 35.7 Å². The molecular weight excluding hydrogens is 240 g/mol. The van der Waals surface area contributed by atoms with E-state index in [4.69, 9.17) is 10.5 Å². The summed E-state index contributed by atoms with van der Waals surface area (Å²) >= 11 is 0. The lowest BCUT2D eigenvalue weighted by Crippen LogP contribution is -2.23. The fourth-order valence-corrected chi connectivity index (χ4v) is 2.45. The molecule has 19 heavy (non-hydrogen) atoms. The fraction of sp³-hybridized carbons (Fsp3) is 0.714. The number of hydrogen-bond donors (Lipinski definition) is 1. The molecule has 1 aliphatic heterocycles. The van der Waals surface area contributed by atoms with Gasteiger partial charge in [-0.2, -0.15) is 4.98 Å². The maximum absolute atomic E-state index is 5.67. The van der Waals surface area contributed by atoms with Crippen LogP contribution in [0.3, 0.4) is 0 Å². The molecule has 1 atom stereocenters. The third-order valence-electron chi connectivity index (χ3n) is 3.32. The zero-order chi connectivity index (χ0) is 13.8. The summed E-state index contributed by atoms with van der Waals surface area (Å²) in [6.45, 7) is 8.76. The normalized spacial score (nSPS) is 19.2. The third kappa shape index (κ3) is 3.80. The van der Waals surface area contributed by atoms with Crippen LogP contribution in [0.1, 0.15) is 32.4 Å². The summed E-state index contributed by atoms with van der Waals surface area (Å²) < 4.78 is 5.67. The molecule has 0 saturated carbocycles. The summed E-state index contributed by atoms with van der Waals surface area (Å²) in [4.78, 5) is 11.3. The van der Waals surface area contributed by atoms with Crippen LogP contribution in [0, 0.1) is 12.8 Å². The Balaban J connectivity index is 2.09. The van der Waals surface area contributed by atoms with Crippen molar-refractivity contribution >= 4 is 5.95 Å². The molecule has 0 aliphatic carbocycles. The van der Waals surface area contributed by atoms with Crippen LogP contribution >= 0.6 is 0 Å². The van der Waals surface area contributed by atoms with Crippen LogP contribution in [0.4, 0.5) is 5.95 Å². The van der Waals surface area contributed by atoms with Crippen LogP contribution < -0.4 is 15.4 Å². The number of aryl methyl sites for hydroxylation is 1. The molecule has 0 radical (unpaired) electrons. The maximum Gasteiger partial charge on any atom is 0.228 e. The van der Waals surface area contributed by atoms with Gasteiger partial charge in [-0.3, -0.25) is 0 Å². The van der Waals surface area contributed by atoms with Gasteiger partial charge in [0, 0.05) is 24.8 Å². The zero-order valence-corrected chi connectivity index (χ0v) is 12.1. The van der Waals surface area contributed by atoms with E-state index in [0.29, 0.717) is 11.8 Å². The number of anilines is 1. The molecule has 1 fully saturated rings. The Morgan fingerprint density at radius 1 is 1.47 bits per heavy atom. The van der Waals surface area contributed by atoms with Crippen molar-refractivity contribution in [2.75, 3.05) is 24.5 Å². The quantitative estimate of drug-likeness (QED) is 0.877. The van der Waals surface area contributed by atoms with Crippen molar-refractivity contribution in [2.45, 2.75) is 39.7 Å². The van der Waals surface area contributed by atoms with Crippen molar-refractivity contribution in [2.24, 2.45) is 11.7 Å². The summed E-state index contributed by atoms with van der Waals surface area (Å²) in [5, 5.41) is 0. The summed E-state index contributed by atoms with van der Waals surface area (Å²) in [5.74, 6) is 2.12. The first kappa shape index (κ1) is 14.1. The lowest BCUT2D eigenvalue weighted by molar-refractivity contribution is 0.232. The van der Waals surface area contributed by atoms with Crippen LogP contribution in [0.5, 0.6) is 5.88 Å². The smallest absolute Gasteiger partial charge is 0.228 e. The maximum atomic E-state index is 5.67. The minimum absolute atomic E-state index is 0.130. The highest BCUT2D eigenvalue weighted by molar-refractivity contribution is 5.35. The van der Waals surface area contributed by atoms with Gasteiger partial charge in [0.2, 0.25) is 11.8 Å². The lowest BCUT2D eigenvalue weighted by atomic mass is 10.1. The predicted molar refractivity (Wildman–Crippen MR) is 76.5 cm³/mol. The zero-order valence-electron chi connectivity index (χ0n) is 12.1. The van der Waals surface area contributed by atoms with Crippen molar-refractivity contribution < 1.29 is 4.74 Å². The summed E-state index contributed by atoms with van der Waals surface area (Å²) in [6, 6.07) is 1.89. The molecule has 5 nitrogen and oxygen atoms in total. The highest BCUT2D eigenvalue weighted by Crippen LogP contribution is 2.24. The molecule has 2 rings (SSSR count). The van der Waals surface area contributed by atoms with Crippen LogP contribution in [0.15, 0.2) is 6.07 Å². The van der Waals surface area contributed by atoms with E-state index in [0.717, 1.165) is 37.7 Å². The molecule has 106 valence electrons. The number of hydrogen-bond acceptors (Lipinski definition) is 5. The molecule has 1 unspecified atom stereocenters. The van der Waals surface area contributed by atoms with E-state index in [-0.39, 0.29) is 6.10 Å². The van der Waals surface area contributed by atoms with Crippen molar-refractivity contribution in [1.82, 2.24) is 9.97 Å². The molecule has 1 aromatic rings. The van der Waals surface area contributed by atoms with E-state index < -0.39 is 0 Å². The highest BCUT2D eigenvalue weighted by Gasteiger charge is 2.24. The molecule has 0 aromatic carbocycles. The van der Waals surface area contributed by atoms with E-state index in [9.17, 15) is 0 Å². The van der Waals surface area contributed by atoms with E-state index in [1.807, 2.05) is 26.8 Å². The Morgan fingerprint density at radius 2 is 2.26 bits per heavy atom. The molecule has 2 heterocycles. The van der Waals surface area contributed by atoms with Gasteiger partial charge in [-0.1, -0.05) is 0 Å². The first-order valence-corrected chi connectivity index (χ1v) is 7.06. The minimum atomic E-state index is 0.130. The van der Waals surface area contributed by atoms with Crippen LogP contribution in [0.25, 0.3) is 0 Å². The second-order valence-corrected chi connectivity index (χ2v) is 5.49. The number of nitrogens with zero attached hydrogens (tertiary/aromatic N) is 3. The van der Waals surface area contributed by atoms with Crippen molar-refractivity contribution in [3.8, 4) is 5.88 Å². The summed E-state index contributed by atoms with van der Waals surface area (Å²) in [6.07, 6.45) is 2.39. The highest BCUT2D eigenvalue weighted by atomic mass is 16.5. The molecule has 0 amide bonds. The number of aromatic nitrogens is 2. The molecule has 1 aromatic heterocycles. The molecule has 1 aliphatic rings. The number of nitrogens with two attached hydrogens (primary N) is 1. The molecule has 0 bridgehead atoms. The SMILES string of the molecule is Cc1cc(OC(C)C)nc(N2CCC(CCN)C2)n1. The first-order valence-electron chi connectivity index (χ1n) is 7.06. The lowest BCUT2D eigenvalue weighted by Gasteiger charge is -2.18. The molecule has 5 heteroatoms. The van der Waals surface area contributed by atoms with E-state index in [2.05, 4.69) is 14.9 Å². The standard InChI is InChI=1S/C14H24N4O/c1-10(2)19-13-8-11(3)16-14(17-13)18-7-5-12(9-18)4-6-15/h8,10,12H,4-7,9,15H2,1-3H3. The first-order chi connectivity index (χ1) is 9.08. The Kier molecular flexibility index (Phi) is 4.58. The molecule has 2 N–H and O–H groups in total. The molecule has 0 spiro atoms. The average Bonchev–Trinajstić information content (AvgIpc) is 2.76. The largest absolute Gasteiger partial charge is 0.475 e. The Bertz CT molecular complexity index is 422.